The molecule has 0 fully saturated rings. The molecule has 3 aromatic carbocycles. The second-order valence-corrected chi connectivity index (χ2v) is 7.73. The van der Waals surface area contributed by atoms with Gasteiger partial charge in [-0.15, -0.1) is 0 Å². The Labute approximate surface area is 182 Å². The maximum atomic E-state index is 10.6. The number of methoxy groups -OCH3 is 2. The quantitative estimate of drug-likeness (QED) is 0.437. The van der Waals surface area contributed by atoms with Gasteiger partial charge in [0, 0.05) is 7.05 Å². The van der Waals surface area contributed by atoms with Crippen molar-refractivity contribution in [2.45, 2.75) is 18.3 Å². The van der Waals surface area contributed by atoms with E-state index in [0.29, 0.717) is 12.8 Å². The number of nitriles is 1. The summed E-state index contributed by atoms with van der Waals surface area (Å²) in [5.74, 6) is 2.30. The molecule has 0 N–H and O–H groups in total. The van der Waals surface area contributed by atoms with E-state index < -0.39 is 5.41 Å². The number of aromatic nitrogens is 2. The van der Waals surface area contributed by atoms with Crippen molar-refractivity contribution in [3.63, 3.8) is 0 Å². The average Bonchev–Trinajstić information content (AvgIpc) is 3.16. The predicted octanol–water partition coefficient (Wildman–Crippen LogP) is 4.84. The van der Waals surface area contributed by atoms with Gasteiger partial charge in [0.2, 0.25) is 0 Å². The summed E-state index contributed by atoms with van der Waals surface area (Å²) in [6, 6.07) is 26.4. The van der Waals surface area contributed by atoms with E-state index in [1.54, 1.807) is 14.2 Å². The van der Waals surface area contributed by atoms with Gasteiger partial charge in [0.15, 0.2) is 0 Å². The Hall–Kier alpha value is -3.78. The van der Waals surface area contributed by atoms with Gasteiger partial charge in [0.25, 0.3) is 0 Å². The number of aryl methyl sites for hydroxylation is 1. The van der Waals surface area contributed by atoms with Crippen molar-refractivity contribution in [2.75, 3.05) is 14.2 Å². The van der Waals surface area contributed by atoms with Crippen molar-refractivity contribution >= 4 is 11.0 Å². The SMILES string of the molecule is COc1cccc(CC(C#N)(Cc2cccc(OC)c2)c2nc3ccccc3n2C)c1. The molecule has 5 nitrogen and oxygen atoms in total. The molecule has 31 heavy (non-hydrogen) atoms. The van der Waals surface area contributed by atoms with Gasteiger partial charge in [-0.2, -0.15) is 5.26 Å². The van der Waals surface area contributed by atoms with Gasteiger partial charge in [-0.1, -0.05) is 36.4 Å². The van der Waals surface area contributed by atoms with Crippen LogP contribution in [0.25, 0.3) is 11.0 Å². The minimum atomic E-state index is -0.869. The second-order valence-electron chi connectivity index (χ2n) is 7.73. The van der Waals surface area contributed by atoms with Crippen molar-refractivity contribution in [2.24, 2.45) is 7.05 Å². The topological polar surface area (TPSA) is 60.1 Å². The molecule has 156 valence electrons. The maximum absolute atomic E-state index is 10.6. The Morgan fingerprint density at radius 1 is 0.871 bits per heavy atom. The molecule has 4 aromatic rings. The molecule has 0 amide bonds. The summed E-state index contributed by atoms with van der Waals surface area (Å²) in [5.41, 5.74) is 3.07. The first-order valence-electron chi connectivity index (χ1n) is 10.2. The Morgan fingerprint density at radius 3 is 1.97 bits per heavy atom. The van der Waals surface area contributed by atoms with E-state index in [4.69, 9.17) is 14.5 Å². The number of fused-ring (bicyclic) bond motifs is 1. The second kappa shape index (κ2) is 8.53. The van der Waals surface area contributed by atoms with E-state index in [1.807, 2.05) is 84.4 Å². The van der Waals surface area contributed by atoms with Crippen LogP contribution in [0.2, 0.25) is 0 Å². The van der Waals surface area contributed by atoms with Crippen LogP contribution in [-0.2, 0) is 25.3 Å². The van der Waals surface area contributed by atoms with Gasteiger partial charge in [0.1, 0.15) is 22.7 Å². The van der Waals surface area contributed by atoms with Crippen LogP contribution in [0, 0.1) is 11.3 Å². The molecule has 0 saturated carbocycles. The number of ether oxygens (including phenoxy) is 2. The van der Waals surface area contributed by atoms with E-state index in [9.17, 15) is 5.26 Å². The normalized spacial score (nSPS) is 11.3. The zero-order valence-electron chi connectivity index (χ0n) is 18.0. The standard InChI is InChI=1S/C26H25N3O2/c1-29-24-13-5-4-12-23(24)28-25(29)26(18-27,16-19-8-6-10-21(14-19)30-2)17-20-9-7-11-22(15-20)31-3/h4-15H,16-17H2,1-3H3. The summed E-state index contributed by atoms with van der Waals surface area (Å²) in [6.45, 7) is 0. The smallest absolute Gasteiger partial charge is 0.130 e. The first-order chi connectivity index (χ1) is 15.1. The lowest BCUT2D eigenvalue weighted by molar-refractivity contribution is 0.412. The monoisotopic (exact) mass is 411 g/mol. The third-order valence-electron chi connectivity index (χ3n) is 5.71. The molecule has 0 aliphatic carbocycles. The highest BCUT2D eigenvalue weighted by molar-refractivity contribution is 5.76. The number of para-hydroxylation sites is 2. The fourth-order valence-corrected chi connectivity index (χ4v) is 4.18. The molecule has 0 spiro atoms. The number of imidazole rings is 1. The number of benzene rings is 3. The molecule has 0 aliphatic heterocycles. The zero-order chi connectivity index (χ0) is 21.8. The van der Waals surface area contributed by atoms with E-state index in [0.717, 1.165) is 39.5 Å². The van der Waals surface area contributed by atoms with Gasteiger partial charge in [-0.25, -0.2) is 4.98 Å². The molecule has 0 bridgehead atoms. The molecule has 0 atom stereocenters. The van der Waals surface area contributed by atoms with Crippen molar-refractivity contribution in [3.05, 3.63) is 89.7 Å². The van der Waals surface area contributed by atoms with Crippen LogP contribution in [0.5, 0.6) is 11.5 Å². The van der Waals surface area contributed by atoms with Crippen molar-refractivity contribution in [1.82, 2.24) is 9.55 Å². The van der Waals surface area contributed by atoms with E-state index in [1.165, 1.54) is 0 Å². The van der Waals surface area contributed by atoms with Gasteiger partial charge >= 0.3 is 0 Å². The van der Waals surface area contributed by atoms with Crippen molar-refractivity contribution < 1.29 is 9.47 Å². The Kier molecular flexibility index (Phi) is 5.64. The minimum Gasteiger partial charge on any atom is -0.497 e. The average molecular weight is 412 g/mol. The van der Waals surface area contributed by atoms with Crippen LogP contribution in [0.15, 0.2) is 72.8 Å². The number of nitrogens with zero attached hydrogens (tertiary/aromatic N) is 3. The predicted molar refractivity (Wildman–Crippen MR) is 121 cm³/mol. The van der Waals surface area contributed by atoms with Crippen molar-refractivity contribution in [1.29, 1.82) is 5.26 Å². The molecular weight excluding hydrogens is 386 g/mol. The first-order valence-corrected chi connectivity index (χ1v) is 10.2. The van der Waals surface area contributed by atoms with Gasteiger partial charge in [0.05, 0.1) is 31.3 Å². The first kappa shape index (κ1) is 20.5. The molecule has 1 heterocycles. The summed E-state index contributed by atoms with van der Waals surface area (Å²) in [5, 5.41) is 10.6. The lowest BCUT2D eigenvalue weighted by Crippen LogP contribution is -2.33. The Bertz CT molecular complexity index is 1200. The minimum absolute atomic E-state index is 0.509. The lowest BCUT2D eigenvalue weighted by Gasteiger charge is -2.27. The maximum Gasteiger partial charge on any atom is 0.130 e. The zero-order valence-corrected chi connectivity index (χ0v) is 18.0. The van der Waals surface area contributed by atoms with Gasteiger partial charge < -0.3 is 14.0 Å². The fourth-order valence-electron chi connectivity index (χ4n) is 4.18. The largest absolute Gasteiger partial charge is 0.497 e. The Morgan fingerprint density at radius 2 is 1.45 bits per heavy atom. The Balaban J connectivity index is 1.87. The van der Waals surface area contributed by atoms with Crippen LogP contribution in [0.3, 0.4) is 0 Å². The van der Waals surface area contributed by atoms with Gasteiger partial charge in [-0.05, 0) is 60.4 Å². The molecular formula is C26H25N3O2. The molecule has 0 radical (unpaired) electrons. The highest BCUT2D eigenvalue weighted by atomic mass is 16.5. The summed E-state index contributed by atoms with van der Waals surface area (Å²) >= 11 is 0. The van der Waals surface area contributed by atoms with E-state index in [-0.39, 0.29) is 0 Å². The summed E-state index contributed by atoms with van der Waals surface area (Å²) < 4.78 is 12.9. The van der Waals surface area contributed by atoms with Crippen molar-refractivity contribution in [3.8, 4) is 17.6 Å². The third-order valence-corrected chi connectivity index (χ3v) is 5.71. The van der Waals surface area contributed by atoms with Crippen LogP contribution in [0.1, 0.15) is 17.0 Å². The van der Waals surface area contributed by atoms with Crippen LogP contribution >= 0.6 is 0 Å². The van der Waals surface area contributed by atoms with E-state index in [2.05, 4.69) is 6.07 Å². The molecule has 4 rings (SSSR count). The molecule has 5 heteroatoms. The lowest BCUT2D eigenvalue weighted by atomic mass is 9.76. The molecule has 0 aliphatic rings. The number of hydrogen-bond acceptors (Lipinski definition) is 4. The fraction of sp³-hybridized carbons (Fsp3) is 0.231. The highest BCUT2D eigenvalue weighted by Gasteiger charge is 2.38. The van der Waals surface area contributed by atoms with Crippen LogP contribution in [0.4, 0.5) is 0 Å². The molecule has 0 saturated heterocycles. The van der Waals surface area contributed by atoms with E-state index >= 15 is 0 Å². The molecule has 0 unspecified atom stereocenters. The van der Waals surface area contributed by atoms with Gasteiger partial charge in [-0.3, -0.25) is 0 Å². The summed E-state index contributed by atoms with van der Waals surface area (Å²) in [7, 11) is 5.28. The summed E-state index contributed by atoms with van der Waals surface area (Å²) in [6.07, 6.45) is 1.02. The third kappa shape index (κ3) is 3.97. The summed E-state index contributed by atoms with van der Waals surface area (Å²) in [4.78, 5) is 4.91. The number of rotatable bonds is 7. The highest BCUT2D eigenvalue weighted by Crippen LogP contribution is 2.34. The molecule has 1 aromatic heterocycles. The van der Waals surface area contributed by atoms with Crippen LogP contribution in [-0.4, -0.2) is 23.8 Å². The van der Waals surface area contributed by atoms with Crippen LogP contribution < -0.4 is 9.47 Å². The number of hydrogen-bond donors (Lipinski definition) is 0.